The number of ether oxygens (including phenoxy) is 1. The smallest absolute Gasteiger partial charge is 0.315 e. The van der Waals surface area contributed by atoms with Gasteiger partial charge >= 0.3 is 6.03 Å². The number of carbonyl (C=O) groups excluding carboxylic acids is 2. The lowest BCUT2D eigenvalue weighted by atomic mass is 10.4. The minimum absolute atomic E-state index is 0.00826. The molecule has 0 aliphatic heterocycles. The summed E-state index contributed by atoms with van der Waals surface area (Å²) in [5, 5.41) is 7.82. The minimum Gasteiger partial charge on any atom is -0.379 e. The number of nitrogens with one attached hydrogen (secondary N) is 3. The van der Waals surface area contributed by atoms with Gasteiger partial charge in [-0.2, -0.15) is 0 Å². The highest BCUT2D eigenvalue weighted by Crippen LogP contribution is 1.88. The van der Waals surface area contributed by atoms with Crippen LogP contribution in [0.3, 0.4) is 0 Å². The van der Waals surface area contributed by atoms with E-state index < -0.39 is 0 Å². The van der Waals surface area contributed by atoms with Crippen LogP contribution in [-0.2, 0) is 9.53 Å². The van der Waals surface area contributed by atoms with Gasteiger partial charge < -0.3 is 20.7 Å². The molecule has 6 heteroatoms. The Hall–Kier alpha value is -1.30. The average molecular weight is 259 g/mol. The van der Waals surface area contributed by atoms with Gasteiger partial charge in [0.25, 0.3) is 0 Å². The SMILES string of the molecule is CCCNC(=O)CNC(=O)NCCCOC(C)C. The molecule has 6 nitrogen and oxygen atoms in total. The van der Waals surface area contributed by atoms with Crippen molar-refractivity contribution in [3.8, 4) is 0 Å². The Kier molecular flexibility index (Phi) is 10.0. The second-order valence-electron chi connectivity index (χ2n) is 4.23. The molecule has 0 aromatic carbocycles. The molecular weight excluding hydrogens is 234 g/mol. The molecule has 0 rings (SSSR count). The molecule has 0 radical (unpaired) electrons. The lowest BCUT2D eigenvalue weighted by Gasteiger charge is -2.09. The molecule has 0 aliphatic carbocycles. The van der Waals surface area contributed by atoms with E-state index in [0.717, 1.165) is 12.8 Å². The van der Waals surface area contributed by atoms with Gasteiger partial charge in [-0.25, -0.2) is 4.79 Å². The maximum atomic E-state index is 11.3. The average Bonchev–Trinajstić information content (AvgIpc) is 2.33. The summed E-state index contributed by atoms with van der Waals surface area (Å²) in [4.78, 5) is 22.5. The number of rotatable bonds is 9. The second kappa shape index (κ2) is 10.8. The first-order valence-corrected chi connectivity index (χ1v) is 6.46. The molecule has 3 amide bonds. The van der Waals surface area contributed by atoms with E-state index in [9.17, 15) is 9.59 Å². The van der Waals surface area contributed by atoms with Gasteiger partial charge in [-0.05, 0) is 26.7 Å². The molecule has 0 unspecified atom stereocenters. The Morgan fingerprint density at radius 2 is 1.83 bits per heavy atom. The Balaban J connectivity index is 3.40. The van der Waals surface area contributed by atoms with Crippen molar-refractivity contribution in [3.05, 3.63) is 0 Å². The molecule has 0 atom stereocenters. The van der Waals surface area contributed by atoms with E-state index in [1.807, 2.05) is 20.8 Å². The van der Waals surface area contributed by atoms with E-state index in [4.69, 9.17) is 4.74 Å². The molecule has 106 valence electrons. The monoisotopic (exact) mass is 259 g/mol. The molecule has 0 saturated heterocycles. The van der Waals surface area contributed by atoms with Gasteiger partial charge in [0, 0.05) is 19.7 Å². The van der Waals surface area contributed by atoms with Gasteiger partial charge in [-0.1, -0.05) is 6.92 Å². The first-order valence-electron chi connectivity index (χ1n) is 6.46. The highest BCUT2D eigenvalue weighted by atomic mass is 16.5. The fourth-order valence-corrected chi connectivity index (χ4v) is 1.14. The van der Waals surface area contributed by atoms with Crippen LogP contribution in [0.4, 0.5) is 4.79 Å². The summed E-state index contributed by atoms with van der Waals surface area (Å²) in [6, 6.07) is -0.328. The summed E-state index contributed by atoms with van der Waals surface area (Å²) in [7, 11) is 0. The van der Waals surface area contributed by atoms with Crippen molar-refractivity contribution in [3.63, 3.8) is 0 Å². The molecule has 18 heavy (non-hydrogen) atoms. The zero-order valence-corrected chi connectivity index (χ0v) is 11.5. The maximum absolute atomic E-state index is 11.3. The van der Waals surface area contributed by atoms with Crippen LogP contribution in [0.1, 0.15) is 33.6 Å². The zero-order chi connectivity index (χ0) is 13.8. The standard InChI is InChI=1S/C12H25N3O3/c1-4-6-13-11(16)9-15-12(17)14-7-5-8-18-10(2)3/h10H,4-9H2,1-3H3,(H,13,16)(H2,14,15,17). The highest BCUT2D eigenvalue weighted by molar-refractivity contribution is 5.83. The van der Waals surface area contributed by atoms with Gasteiger partial charge in [0.2, 0.25) is 5.91 Å². The van der Waals surface area contributed by atoms with E-state index in [1.54, 1.807) is 0 Å². The Labute approximate surface area is 109 Å². The molecule has 0 aromatic rings. The molecule has 0 spiro atoms. The summed E-state index contributed by atoms with van der Waals surface area (Å²) < 4.78 is 5.33. The summed E-state index contributed by atoms with van der Waals surface area (Å²) in [6.45, 7) is 7.71. The first kappa shape index (κ1) is 16.7. The van der Waals surface area contributed by atoms with Crippen molar-refractivity contribution in [2.45, 2.75) is 39.7 Å². The summed E-state index contributed by atoms with van der Waals surface area (Å²) in [5.74, 6) is -0.171. The van der Waals surface area contributed by atoms with E-state index in [2.05, 4.69) is 16.0 Å². The van der Waals surface area contributed by atoms with E-state index in [0.29, 0.717) is 19.7 Å². The number of hydrogen-bond acceptors (Lipinski definition) is 3. The van der Waals surface area contributed by atoms with E-state index in [1.165, 1.54) is 0 Å². The predicted octanol–water partition coefficient (Wildman–Crippen LogP) is 0.627. The number of carbonyl (C=O) groups is 2. The summed E-state index contributed by atoms with van der Waals surface area (Å²) in [5.41, 5.74) is 0. The van der Waals surface area contributed by atoms with Gasteiger partial charge in [0.15, 0.2) is 0 Å². The van der Waals surface area contributed by atoms with Crippen LogP contribution in [0.25, 0.3) is 0 Å². The fourth-order valence-electron chi connectivity index (χ4n) is 1.14. The third-order valence-electron chi connectivity index (χ3n) is 2.04. The van der Waals surface area contributed by atoms with Crippen LogP contribution >= 0.6 is 0 Å². The summed E-state index contributed by atoms with van der Waals surface area (Å²) in [6.07, 6.45) is 1.85. The second-order valence-corrected chi connectivity index (χ2v) is 4.23. The quantitative estimate of drug-likeness (QED) is 0.531. The highest BCUT2D eigenvalue weighted by Gasteiger charge is 2.03. The molecule has 3 N–H and O–H groups in total. The van der Waals surface area contributed by atoms with E-state index >= 15 is 0 Å². The van der Waals surface area contributed by atoms with Crippen molar-refractivity contribution >= 4 is 11.9 Å². The van der Waals surface area contributed by atoms with Crippen molar-refractivity contribution in [1.29, 1.82) is 0 Å². The lowest BCUT2D eigenvalue weighted by molar-refractivity contribution is -0.120. The van der Waals surface area contributed by atoms with Crippen LogP contribution < -0.4 is 16.0 Å². The third-order valence-corrected chi connectivity index (χ3v) is 2.04. The largest absolute Gasteiger partial charge is 0.379 e. The summed E-state index contributed by atoms with van der Waals surface area (Å²) >= 11 is 0. The third kappa shape index (κ3) is 11.2. The topological polar surface area (TPSA) is 79.5 Å². The predicted molar refractivity (Wildman–Crippen MR) is 70.4 cm³/mol. The molecule has 0 fully saturated rings. The van der Waals surface area contributed by atoms with Gasteiger partial charge in [-0.15, -0.1) is 0 Å². The Morgan fingerprint density at radius 3 is 2.44 bits per heavy atom. The van der Waals surface area contributed by atoms with Crippen LogP contribution in [0.5, 0.6) is 0 Å². The number of amides is 3. The molecule has 0 aliphatic rings. The van der Waals surface area contributed by atoms with Crippen molar-refractivity contribution in [1.82, 2.24) is 16.0 Å². The normalized spacial score (nSPS) is 10.2. The van der Waals surface area contributed by atoms with Crippen LogP contribution in [0.2, 0.25) is 0 Å². The number of urea groups is 1. The number of hydrogen-bond donors (Lipinski definition) is 3. The maximum Gasteiger partial charge on any atom is 0.315 e. The molecule has 0 bridgehead atoms. The first-order chi connectivity index (χ1) is 8.56. The van der Waals surface area contributed by atoms with Gasteiger partial charge in [0.1, 0.15) is 0 Å². The molecule has 0 aromatic heterocycles. The minimum atomic E-state index is -0.328. The van der Waals surface area contributed by atoms with Crippen molar-refractivity contribution in [2.75, 3.05) is 26.2 Å². The molecule has 0 saturated carbocycles. The van der Waals surface area contributed by atoms with Gasteiger partial charge in [-0.3, -0.25) is 4.79 Å². The van der Waals surface area contributed by atoms with Crippen LogP contribution in [-0.4, -0.2) is 44.3 Å². The Morgan fingerprint density at radius 1 is 1.11 bits per heavy atom. The van der Waals surface area contributed by atoms with Gasteiger partial charge in [0.05, 0.1) is 12.6 Å². The van der Waals surface area contributed by atoms with Crippen LogP contribution in [0, 0.1) is 0 Å². The van der Waals surface area contributed by atoms with Crippen molar-refractivity contribution < 1.29 is 14.3 Å². The van der Waals surface area contributed by atoms with Crippen LogP contribution in [0.15, 0.2) is 0 Å². The zero-order valence-electron chi connectivity index (χ0n) is 11.5. The van der Waals surface area contributed by atoms with Crippen molar-refractivity contribution in [2.24, 2.45) is 0 Å². The van der Waals surface area contributed by atoms with E-state index in [-0.39, 0.29) is 24.6 Å². The lowest BCUT2D eigenvalue weighted by Crippen LogP contribution is -2.42. The Bertz CT molecular complexity index is 245. The fraction of sp³-hybridized carbons (Fsp3) is 0.833. The molecule has 0 heterocycles. The molecular formula is C12H25N3O3.